The number of hydrogen-bond acceptors (Lipinski definition) is 5. The van der Waals surface area contributed by atoms with Crippen LogP contribution in [0.15, 0.2) is 36.8 Å². The lowest BCUT2D eigenvalue weighted by molar-refractivity contribution is 0.580. The van der Waals surface area contributed by atoms with E-state index in [1.807, 2.05) is 24.5 Å². The van der Waals surface area contributed by atoms with Gasteiger partial charge in [0.05, 0.1) is 23.6 Å². The number of fused-ring (bicyclic) bond motifs is 1. The number of hydrogen-bond donors (Lipinski definition) is 2. The highest BCUT2D eigenvalue weighted by molar-refractivity contribution is 5.62. The zero-order valence-corrected chi connectivity index (χ0v) is 14.5. The van der Waals surface area contributed by atoms with Crippen molar-refractivity contribution < 1.29 is 0 Å². The van der Waals surface area contributed by atoms with Gasteiger partial charge in [0.15, 0.2) is 0 Å². The largest absolute Gasteiger partial charge is 0.346 e. The van der Waals surface area contributed by atoms with E-state index in [0.29, 0.717) is 11.9 Å². The van der Waals surface area contributed by atoms with Gasteiger partial charge in [0, 0.05) is 23.7 Å². The second kappa shape index (κ2) is 6.63. The van der Waals surface area contributed by atoms with Crippen LogP contribution in [0.3, 0.4) is 0 Å². The number of nitrogens with zero attached hydrogens (tertiary/aromatic N) is 4. The third kappa shape index (κ3) is 3.12. The first-order chi connectivity index (χ1) is 12.2. The smallest absolute Gasteiger partial charge is 0.223 e. The molecule has 0 aromatic carbocycles. The molecule has 0 saturated carbocycles. The summed E-state index contributed by atoms with van der Waals surface area (Å²) in [7, 11) is 0. The lowest BCUT2D eigenvalue weighted by atomic mass is 9.92. The first-order valence-electron chi connectivity index (χ1n) is 8.79. The van der Waals surface area contributed by atoms with Gasteiger partial charge < -0.3 is 5.32 Å². The molecule has 0 bridgehead atoms. The predicted octanol–water partition coefficient (Wildman–Crippen LogP) is 3.87. The maximum atomic E-state index is 4.72. The maximum Gasteiger partial charge on any atom is 0.223 e. The zero-order valence-electron chi connectivity index (χ0n) is 14.5. The Kier molecular flexibility index (Phi) is 4.17. The van der Waals surface area contributed by atoms with Crippen molar-refractivity contribution in [1.29, 1.82) is 0 Å². The Morgan fingerprint density at radius 3 is 3.00 bits per heavy atom. The van der Waals surface area contributed by atoms with Crippen LogP contribution in [0.2, 0.25) is 0 Å². The van der Waals surface area contributed by atoms with E-state index in [0.717, 1.165) is 41.9 Å². The Bertz CT molecular complexity index is 870. The van der Waals surface area contributed by atoms with Crippen molar-refractivity contribution in [3.63, 3.8) is 0 Å². The summed E-state index contributed by atoms with van der Waals surface area (Å²) in [5, 5.41) is 10.7. The van der Waals surface area contributed by atoms with E-state index < -0.39 is 0 Å². The van der Waals surface area contributed by atoms with Crippen molar-refractivity contribution in [2.24, 2.45) is 0 Å². The highest BCUT2D eigenvalue weighted by Gasteiger charge is 2.22. The Morgan fingerprint density at radius 2 is 2.12 bits per heavy atom. The Hall–Kier alpha value is -2.76. The highest BCUT2D eigenvalue weighted by Crippen LogP contribution is 2.31. The Balaban J connectivity index is 1.62. The molecule has 1 aliphatic rings. The predicted molar refractivity (Wildman–Crippen MR) is 97.2 cm³/mol. The summed E-state index contributed by atoms with van der Waals surface area (Å²) >= 11 is 0. The quantitative estimate of drug-likeness (QED) is 0.757. The SMILES string of the molecule is CC(C)c1[nH]ncc1-c1ccnc(NC2CCCc3cccnc32)n1. The van der Waals surface area contributed by atoms with Gasteiger partial charge in [0.2, 0.25) is 5.95 Å². The molecule has 4 rings (SSSR count). The molecule has 0 spiro atoms. The van der Waals surface area contributed by atoms with Crippen LogP contribution in [-0.4, -0.2) is 25.1 Å². The molecule has 0 aliphatic heterocycles. The average Bonchev–Trinajstić information content (AvgIpc) is 3.12. The fourth-order valence-electron chi connectivity index (χ4n) is 3.42. The third-order valence-corrected chi connectivity index (χ3v) is 4.68. The molecule has 6 nitrogen and oxygen atoms in total. The van der Waals surface area contributed by atoms with E-state index >= 15 is 0 Å². The molecule has 2 N–H and O–H groups in total. The van der Waals surface area contributed by atoms with Crippen LogP contribution in [-0.2, 0) is 6.42 Å². The second-order valence-electron chi connectivity index (χ2n) is 6.75. The summed E-state index contributed by atoms with van der Waals surface area (Å²) < 4.78 is 0. The molecule has 3 aromatic rings. The second-order valence-corrected chi connectivity index (χ2v) is 6.75. The Labute approximate surface area is 147 Å². The zero-order chi connectivity index (χ0) is 17.2. The van der Waals surface area contributed by atoms with Gasteiger partial charge in [-0.15, -0.1) is 0 Å². The minimum Gasteiger partial charge on any atom is -0.346 e. The third-order valence-electron chi connectivity index (χ3n) is 4.68. The van der Waals surface area contributed by atoms with Crippen molar-refractivity contribution in [1.82, 2.24) is 25.1 Å². The van der Waals surface area contributed by atoms with E-state index in [1.165, 1.54) is 5.56 Å². The minimum atomic E-state index is 0.161. The first-order valence-corrected chi connectivity index (χ1v) is 8.79. The molecule has 0 amide bonds. The fourth-order valence-corrected chi connectivity index (χ4v) is 3.42. The van der Waals surface area contributed by atoms with E-state index in [4.69, 9.17) is 4.98 Å². The minimum absolute atomic E-state index is 0.161. The molecule has 6 heteroatoms. The van der Waals surface area contributed by atoms with Crippen molar-refractivity contribution in [2.75, 3.05) is 5.32 Å². The van der Waals surface area contributed by atoms with Gasteiger partial charge in [0.1, 0.15) is 0 Å². The van der Waals surface area contributed by atoms with Crippen molar-refractivity contribution in [3.8, 4) is 11.3 Å². The van der Waals surface area contributed by atoms with Crippen LogP contribution < -0.4 is 5.32 Å². The number of anilines is 1. The van der Waals surface area contributed by atoms with Crippen LogP contribution in [0, 0.1) is 0 Å². The average molecular weight is 334 g/mol. The molecule has 0 saturated heterocycles. The summed E-state index contributed by atoms with van der Waals surface area (Å²) in [6.07, 6.45) is 8.77. The molecular weight excluding hydrogens is 312 g/mol. The van der Waals surface area contributed by atoms with Crippen LogP contribution in [0.25, 0.3) is 11.3 Å². The van der Waals surface area contributed by atoms with Gasteiger partial charge >= 0.3 is 0 Å². The molecule has 1 atom stereocenters. The number of aromatic amines is 1. The monoisotopic (exact) mass is 334 g/mol. The highest BCUT2D eigenvalue weighted by atomic mass is 15.1. The lowest BCUT2D eigenvalue weighted by Crippen LogP contribution is -2.20. The molecule has 25 heavy (non-hydrogen) atoms. The summed E-state index contributed by atoms with van der Waals surface area (Å²) in [6.45, 7) is 4.28. The Morgan fingerprint density at radius 1 is 1.20 bits per heavy atom. The number of aromatic nitrogens is 5. The van der Waals surface area contributed by atoms with Gasteiger partial charge in [-0.05, 0) is 42.9 Å². The topological polar surface area (TPSA) is 79.4 Å². The first kappa shape index (κ1) is 15.7. The lowest BCUT2D eigenvalue weighted by Gasteiger charge is -2.25. The summed E-state index contributed by atoms with van der Waals surface area (Å²) in [5.74, 6) is 0.996. The molecule has 0 fully saturated rings. The molecule has 1 aliphatic carbocycles. The molecular formula is C19H22N6. The molecule has 128 valence electrons. The van der Waals surface area contributed by atoms with Crippen molar-refractivity contribution in [2.45, 2.75) is 45.1 Å². The summed E-state index contributed by atoms with van der Waals surface area (Å²) in [5.41, 5.74) is 5.44. The normalized spacial score (nSPS) is 16.7. The molecule has 3 heterocycles. The van der Waals surface area contributed by atoms with Gasteiger partial charge in [-0.25, -0.2) is 9.97 Å². The fraction of sp³-hybridized carbons (Fsp3) is 0.368. The summed E-state index contributed by atoms with van der Waals surface area (Å²) in [6, 6.07) is 6.25. The number of aryl methyl sites for hydroxylation is 1. The number of pyridine rings is 1. The standard InChI is InChI=1S/C19H22N6/c1-12(2)17-14(11-22-25-17)15-8-10-21-19(23-15)24-16-7-3-5-13-6-4-9-20-18(13)16/h4,6,8-12,16H,3,5,7H2,1-2H3,(H,22,25)(H,21,23,24). The van der Waals surface area contributed by atoms with Gasteiger partial charge in [-0.2, -0.15) is 5.10 Å². The van der Waals surface area contributed by atoms with Crippen LogP contribution in [0.4, 0.5) is 5.95 Å². The van der Waals surface area contributed by atoms with Crippen molar-refractivity contribution >= 4 is 5.95 Å². The van der Waals surface area contributed by atoms with E-state index in [-0.39, 0.29) is 6.04 Å². The molecule has 3 aromatic heterocycles. The van der Waals surface area contributed by atoms with Crippen LogP contribution >= 0.6 is 0 Å². The van der Waals surface area contributed by atoms with E-state index in [1.54, 1.807) is 6.20 Å². The van der Waals surface area contributed by atoms with Gasteiger partial charge in [-0.3, -0.25) is 10.1 Å². The van der Waals surface area contributed by atoms with E-state index in [9.17, 15) is 0 Å². The maximum absolute atomic E-state index is 4.72. The van der Waals surface area contributed by atoms with Gasteiger partial charge in [-0.1, -0.05) is 19.9 Å². The number of rotatable bonds is 4. The number of H-pyrrole nitrogens is 1. The van der Waals surface area contributed by atoms with Gasteiger partial charge in [0.25, 0.3) is 0 Å². The molecule has 1 unspecified atom stereocenters. The van der Waals surface area contributed by atoms with Crippen molar-refractivity contribution in [3.05, 3.63) is 53.7 Å². The van der Waals surface area contributed by atoms with Crippen LogP contribution in [0.5, 0.6) is 0 Å². The molecule has 0 radical (unpaired) electrons. The summed E-state index contributed by atoms with van der Waals surface area (Å²) in [4.78, 5) is 13.7. The van der Waals surface area contributed by atoms with Crippen LogP contribution in [0.1, 0.15) is 55.6 Å². The number of nitrogens with one attached hydrogen (secondary N) is 2. The van der Waals surface area contributed by atoms with E-state index in [2.05, 4.69) is 45.4 Å².